The van der Waals surface area contributed by atoms with Crippen molar-refractivity contribution in [1.29, 1.82) is 10.5 Å². The van der Waals surface area contributed by atoms with Crippen LogP contribution in [-0.4, -0.2) is 38.2 Å². The number of carbonyl (C=O) groups excluding carboxylic acids is 1. The highest BCUT2D eigenvalue weighted by molar-refractivity contribution is 6.04. The standard InChI is InChI=1S/C18H20N2O2.C4H9NO/c1-2-7-16-18(10-5-12-19,11-6-13-20)17(21)14-8-3-4-9-15(14)22-16;1-3-6-4-2-5-1/h3-4,8-9,16H,2,5-7,10-11H2,1H3;5H,1-4H2. The van der Waals surface area contributed by atoms with Crippen LogP contribution in [0.3, 0.4) is 0 Å². The summed E-state index contributed by atoms with van der Waals surface area (Å²) in [6, 6.07) is 11.5. The van der Waals surface area contributed by atoms with E-state index in [0.29, 0.717) is 37.0 Å². The lowest BCUT2D eigenvalue weighted by atomic mass is 9.66. The maximum atomic E-state index is 13.1. The van der Waals surface area contributed by atoms with Crippen LogP contribution < -0.4 is 10.1 Å². The number of morpholine rings is 1. The maximum Gasteiger partial charge on any atom is 0.176 e. The van der Waals surface area contributed by atoms with Crippen molar-refractivity contribution in [3.05, 3.63) is 29.8 Å². The number of benzene rings is 1. The molecule has 0 amide bonds. The van der Waals surface area contributed by atoms with E-state index in [9.17, 15) is 4.79 Å². The van der Waals surface area contributed by atoms with Gasteiger partial charge in [0, 0.05) is 25.9 Å². The first kappa shape index (κ1) is 21.9. The Labute approximate surface area is 167 Å². The first-order valence-corrected chi connectivity index (χ1v) is 10.0. The first-order valence-electron chi connectivity index (χ1n) is 10.0. The van der Waals surface area contributed by atoms with Crippen molar-refractivity contribution >= 4 is 5.78 Å². The summed E-state index contributed by atoms with van der Waals surface area (Å²) < 4.78 is 11.1. The summed E-state index contributed by atoms with van der Waals surface area (Å²) in [4.78, 5) is 13.1. The van der Waals surface area contributed by atoms with Crippen molar-refractivity contribution in [3.8, 4) is 17.9 Å². The van der Waals surface area contributed by atoms with Crippen LogP contribution in [0.25, 0.3) is 0 Å². The summed E-state index contributed by atoms with van der Waals surface area (Å²) in [6.07, 6.45) is 2.86. The maximum absolute atomic E-state index is 13.1. The third kappa shape index (κ3) is 5.32. The summed E-state index contributed by atoms with van der Waals surface area (Å²) in [6.45, 7) is 5.88. The summed E-state index contributed by atoms with van der Waals surface area (Å²) in [5.74, 6) is 0.647. The van der Waals surface area contributed by atoms with Crippen LogP contribution >= 0.6 is 0 Å². The van der Waals surface area contributed by atoms with E-state index in [1.54, 1.807) is 6.07 Å². The molecular weight excluding hydrogens is 354 g/mol. The number of para-hydroxylation sites is 1. The first-order chi connectivity index (χ1) is 13.7. The average Bonchev–Trinajstić information content (AvgIpc) is 2.75. The Bertz CT molecular complexity index is 687. The quantitative estimate of drug-likeness (QED) is 0.806. The van der Waals surface area contributed by atoms with Crippen LogP contribution in [0.1, 0.15) is 55.8 Å². The van der Waals surface area contributed by atoms with Gasteiger partial charge in [-0.2, -0.15) is 10.5 Å². The molecule has 0 bridgehead atoms. The predicted molar refractivity (Wildman–Crippen MR) is 106 cm³/mol. The highest BCUT2D eigenvalue weighted by Crippen LogP contribution is 2.46. The Balaban J connectivity index is 0.000000397. The van der Waals surface area contributed by atoms with E-state index in [4.69, 9.17) is 20.0 Å². The number of nitrogens with one attached hydrogen (secondary N) is 1. The van der Waals surface area contributed by atoms with E-state index in [-0.39, 0.29) is 11.9 Å². The van der Waals surface area contributed by atoms with Gasteiger partial charge in [0.15, 0.2) is 5.78 Å². The number of nitrogens with zero attached hydrogens (tertiary/aromatic N) is 2. The molecule has 150 valence electrons. The minimum atomic E-state index is -0.754. The molecule has 6 nitrogen and oxygen atoms in total. The number of ether oxygens (including phenoxy) is 2. The molecule has 0 aliphatic carbocycles. The molecule has 0 aromatic heterocycles. The lowest BCUT2D eigenvalue weighted by Crippen LogP contribution is -2.49. The third-order valence-electron chi connectivity index (χ3n) is 5.23. The Hall–Kier alpha value is -2.41. The number of hydrogen-bond acceptors (Lipinski definition) is 6. The zero-order chi connectivity index (χ0) is 20.2. The molecule has 3 rings (SSSR count). The molecule has 1 saturated heterocycles. The zero-order valence-electron chi connectivity index (χ0n) is 16.6. The average molecular weight is 383 g/mol. The Morgan fingerprint density at radius 3 is 2.29 bits per heavy atom. The van der Waals surface area contributed by atoms with E-state index >= 15 is 0 Å². The van der Waals surface area contributed by atoms with Gasteiger partial charge in [-0.1, -0.05) is 25.5 Å². The SMILES string of the molecule is C1COCCN1.CCCC1Oc2ccccc2C(=O)C1(CCC#N)CCC#N. The van der Waals surface area contributed by atoms with Gasteiger partial charge >= 0.3 is 0 Å². The van der Waals surface area contributed by atoms with Crippen molar-refractivity contribution < 1.29 is 14.3 Å². The van der Waals surface area contributed by atoms with Crippen LogP contribution in [0.5, 0.6) is 5.75 Å². The number of fused-ring (bicyclic) bond motifs is 1. The van der Waals surface area contributed by atoms with Crippen molar-refractivity contribution in [2.75, 3.05) is 26.3 Å². The molecule has 2 aliphatic heterocycles. The molecule has 28 heavy (non-hydrogen) atoms. The monoisotopic (exact) mass is 383 g/mol. The number of carbonyl (C=O) groups is 1. The lowest BCUT2D eigenvalue weighted by Gasteiger charge is -2.43. The van der Waals surface area contributed by atoms with E-state index < -0.39 is 5.41 Å². The highest BCUT2D eigenvalue weighted by Gasteiger charge is 2.49. The third-order valence-corrected chi connectivity index (χ3v) is 5.23. The van der Waals surface area contributed by atoms with E-state index in [0.717, 1.165) is 39.1 Å². The Kier molecular flexibility index (Phi) is 8.94. The minimum Gasteiger partial charge on any atom is -0.489 e. The fraction of sp³-hybridized carbons (Fsp3) is 0.591. The van der Waals surface area contributed by atoms with Crippen LogP contribution in [0.2, 0.25) is 0 Å². The molecule has 0 saturated carbocycles. The molecule has 2 aliphatic rings. The molecule has 1 fully saturated rings. The van der Waals surface area contributed by atoms with E-state index in [1.165, 1.54) is 0 Å². The molecule has 1 N–H and O–H groups in total. The van der Waals surface area contributed by atoms with Crippen LogP contribution in [-0.2, 0) is 4.74 Å². The Morgan fingerprint density at radius 1 is 1.14 bits per heavy atom. The molecule has 1 atom stereocenters. The topological polar surface area (TPSA) is 95.1 Å². The van der Waals surface area contributed by atoms with Gasteiger partial charge in [-0.3, -0.25) is 4.79 Å². The normalized spacial score (nSPS) is 19.8. The van der Waals surface area contributed by atoms with Gasteiger partial charge in [-0.15, -0.1) is 0 Å². The van der Waals surface area contributed by atoms with Gasteiger partial charge in [0.1, 0.15) is 11.9 Å². The van der Waals surface area contributed by atoms with Gasteiger partial charge < -0.3 is 14.8 Å². The number of hydrogen-bond donors (Lipinski definition) is 1. The van der Waals surface area contributed by atoms with Crippen molar-refractivity contribution in [2.45, 2.75) is 51.6 Å². The molecular formula is C22H29N3O3. The molecule has 2 heterocycles. The number of nitriles is 2. The lowest BCUT2D eigenvalue weighted by molar-refractivity contribution is 0.0142. The smallest absolute Gasteiger partial charge is 0.176 e. The summed E-state index contributed by atoms with van der Waals surface area (Å²) in [5, 5.41) is 21.1. The van der Waals surface area contributed by atoms with Crippen molar-refractivity contribution in [1.82, 2.24) is 5.32 Å². The van der Waals surface area contributed by atoms with Gasteiger partial charge in [0.25, 0.3) is 0 Å². The van der Waals surface area contributed by atoms with Gasteiger partial charge in [0.2, 0.25) is 0 Å². The predicted octanol–water partition coefficient (Wildman–Crippen LogP) is 3.63. The largest absolute Gasteiger partial charge is 0.489 e. The van der Waals surface area contributed by atoms with E-state index in [2.05, 4.69) is 17.5 Å². The number of Topliss-reactive ketones (excluding diaryl/α,β-unsaturated/α-hetero) is 1. The number of ketones is 1. The van der Waals surface area contributed by atoms with Crippen LogP contribution in [0, 0.1) is 28.1 Å². The summed E-state index contributed by atoms with van der Waals surface area (Å²) >= 11 is 0. The molecule has 1 aromatic carbocycles. The molecule has 1 unspecified atom stereocenters. The molecule has 0 radical (unpaired) electrons. The summed E-state index contributed by atoms with van der Waals surface area (Å²) in [5.41, 5.74) is -0.179. The second kappa shape index (κ2) is 11.4. The minimum absolute atomic E-state index is 0.0262. The van der Waals surface area contributed by atoms with Crippen LogP contribution in [0.4, 0.5) is 0 Å². The summed E-state index contributed by atoms with van der Waals surface area (Å²) in [7, 11) is 0. The second-order valence-electron chi connectivity index (χ2n) is 7.06. The number of rotatable bonds is 6. The Morgan fingerprint density at radius 2 is 1.79 bits per heavy atom. The second-order valence-corrected chi connectivity index (χ2v) is 7.06. The van der Waals surface area contributed by atoms with Gasteiger partial charge in [-0.25, -0.2) is 0 Å². The zero-order valence-corrected chi connectivity index (χ0v) is 16.6. The molecule has 1 aromatic rings. The molecule has 0 spiro atoms. The highest BCUT2D eigenvalue weighted by atomic mass is 16.5. The van der Waals surface area contributed by atoms with Crippen molar-refractivity contribution in [3.63, 3.8) is 0 Å². The van der Waals surface area contributed by atoms with E-state index in [1.807, 2.05) is 25.1 Å². The van der Waals surface area contributed by atoms with Crippen molar-refractivity contribution in [2.24, 2.45) is 5.41 Å². The fourth-order valence-electron chi connectivity index (χ4n) is 3.78. The van der Waals surface area contributed by atoms with Gasteiger partial charge in [-0.05, 0) is 31.4 Å². The van der Waals surface area contributed by atoms with Crippen LogP contribution in [0.15, 0.2) is 24.3 Å². The van der Waals surface area contributed by atoms with Gasteiger partial charge in [0.05, 0.1) is 36.3 Å². The fourth-order valence-corrected chi connectivity index (χ4v) is 3.78. The molecule has 6 heteroatoms.